The molecular weight excluding hydrogens is 270 g/mol. The number of aromatic nitrogens is 1. The first-order valence-electron chi connectivity index (χ1n) is 6.72. The molecule has 6 heteroatoms. The lowest BCUT2D eigenvalue weighted by Crippen LogP contribution is -2.32. The molecule has 2 amide bonds. The van der Waals surface area contributed by atoms with Crippen molar-refractivity contribution in [3.8, 4) is 5.75 Å². The Labute approximate surface area is 123 Å². The summed E-state index contributed by atoms with van der Waals surface area (Å²) in [4.78, 5) is 11.6. The monoisotopic (exact) mass is 289 g/mol. The van der Waals surface area contributed by atoms with E-state index in [-0.39, 0.29) is 6.03 Å². The number of nitrogens with one attached hydrogen (secondary N) is 2. The summed E-state index contributed by atoms with van der Waals surface area (Å²) in [5.41, 5.74) is 2.30. The second-order valence-corrected chi connectivity index (χ2v) is 4.88. The second-order valence-electron chi connectivity index (χ2n) is 4.88. The van der Waals surface area contributed by atoms with Crippen LogP contribution in [0.2, 0.25) is 0 Å². The molecular formula is C15H19N3O3. The van der Waals surface area contributed by atoms with Gasteiger partial charge in [0.05, 0.1) is 6.54 Å². The summed E-state index contributed by atoms with van der Waals surface area (Å²) in [7, 11) is 0. The number of ether oxygens (including phenoxy) is 1. The van der Waals surface area contributed by atoms with E-state index in [0.717, 1.165) is 16.9 Å². The van der Waals surface area contributed by atoms with E-state index in [4.69, 9.17) is 9.26 Å². The van der Waals surface area contributed by atoms with Crippen LogP contribution in [0.15, 0.2) is 28.8 Å². The van der Waals surface area contributed by atoms with Crippen molar-refractivity contribution in [2.75, 3.05) is 18.5 Å². The van der Waals surface area contributed by atoms with Crippen LogP contribution in [0, 0.1) is 20.8 Å². The van der Waals surface area contributed by atoms with E-state index in [1.165, 1.54) is 0 Å². The fourth-order valence-corrected chi connectivity index (χ4v) is 1.94. The van der Waals surface area contributed by atoms with Gasteiger partial charge in [0.15, 0.2) is 5.82 Å². The minimum atomic E-state index is -0.340. The Hall–Kier alpha value is -2.50. The molecule has 0 saturated carbocycles. The summed E-state index contributed by atoms with van der Waals surface area (Å²) in [6.45, 7) is 6.59. The first kappa shape index (κ1) is 14.9. The summed E-state index contributed by atoms with van der Waals surface area (Å²) in [6.07, 6.45) is 0. The van der Waals surface area contributed by atoms with Crippen LogP contribution in [-0.4, -0.2) is 24.3 Å². The second kappa shape index (κ2) is 6.78. The summed E-state index contributed by atoms with van der Waals surface area (Å²) in [6, 6.07) is 7.31. The number of benzene rings is 1. The molecule has 0 bridgehead atoms. The molecule has 6 nitrogen and oxygen atoms in total. The first-order chi connectivity index (χ1) is 10.0. The van der Waals surface area contributed by atoms with Crippen LogP contribution in [0.25, 0.3) is 0 Å². The lowest BCUT2D eigenvalue weighted by atomic mass is 10.1. The number of aryl methyl sites for hydroxylation is 3. The zero-order valence-electron chi connectivity index (χ0n) is 12.4. The minimum absolute atomic E-state index is 0.340. The van der Waals surface area contributed by atoms with E-state index in [1.54, 1.807) is 13.0 Å². The highest BCUT2D eigenvalue weighted by Gasteiger charge is 2.05. The van der Waals surface area contributed by atoms with E-state index in [9.17, 15) is 4.79 Å². The van der Waals surface area contributed by atoms with E-state index in [2.05, 4.69) is 21.9 Å². The molecule has 0 spiro atoms. The largest absolute Gasteiger partial charge is 0.492 e. The number of anilines is 1. The Morgan fingerprint density at radius 1 is 1.19 bits per heavy atom. The summed E-state index contributed by atoms with van der Waals surface area (Å²) in [5, 5.41) is 8.93. The van der Waals surface area contributed by atoms with Crippen LogP contribution >= 0.6 is 0 Å². The highest BCUT2D eigenvalue weighted by atomic mass is 16.5. The minimum Gasteiger partial charge on any atom is -0.492 e. The highest BCUT2D eigenvalue weighted by molar-refractivity contribution is 5.88. The SMILES string of the molecule is Cc1cc(C)cc(OCCNC(=O)Nc2cc(C)on2)c1. The third-order valence-corrected chi connectivity index (χ3v) is 2.72. The molecule has 0 atom stereocenters. The van der Waals surface area contributed by atoms with Crippen molar-refractivity contribution in [3.05, 3.63) is 41.2 Å². The molecule has 2 N–H and O–H groups in total. The van der Waals surface area contributed by atoms with Gasteiger partial charge in [-0.2, -0.15) is 0 Å². The van der Waals surface area contributed by atoms with Crippen molar-refractivity contribution in [1.82, 2.24) is 10.5 Å². The molecule has 0 aliphatic carbocycles. The van der Waals surface area contributed by atoms with E-state index >= 15 is 0 Å². The van der Waals surface area contributed by atoms with Crippen molar-refractivity contribution >= 4 is 11.8 Å². The van der Waals surface area contributed by atoms with Crippen molar-refractivity contribution in [1.29, 1.82) is 0 Å². The molecule has 1 aromatic carbocycles. The molecule has 0 saturated heterocycles. The zero-order valence-corrected chi connectivity index (χ0v) is 12.4. The van der Waals surface area contributed by atoms with Crippen LogP contribution in [0.5, 0.6) is 5.75 Å². The fourth-order valence-electron chi connectivity index (χ4n) is 1.94. The Bertz CT molecular complexity index is 602. The van der Waals surface area contributed by atoms with E-state index in [1.807, 2.05) is 26.0 Å². The van der Waals surface area contributed by atoms with Gasteiger partial charge in [0, 0.05) is 6.07 Å². The number of nitrogens with zero attached hydrogens (tertiary/aromatic N) is 1. The molecule has 0 aliphatic heterocycles. The van der Waals surface area contributed by atoms with Crippen LogP contribution < -0.4 is 15.4 Å². The molecule has 2 aromatic rings. The van der Waals surface area contributed by atoms with Crippen molar-refractivity contribution in [3.63, 3.8) is 0 Å². The molecule has 21 heavy (non-hydrogen) atoms. The predicted molar refractivity (Wildman–Crippen MR) is 79.7 cm³/mol. The third-order valence-electron chi connectivity index (χ3n) is 2.72. The number of rotatable bonds is 5. The van der Waals surface area contributed by atoms with Gasteiger partial charge in [-0.3, -0.25) is 5.32 Å². The smallest absolute Gasteiger partial charge is 0.320 e. The number of carbonyl (C=O) groups is 1. The van der Waals surface area contributed by atoms with Gasteiger partial charge in [-0.05, 0) is 44.0 Å². The van der Waals surface area contributed by atoms with Gasteiger partial charge in [-0.25, -0.2) is 4.79 Å². The molecule has 0 aliphatic rings. The quantitative estimate of drug-likeness (QED) is 0.830. The Kier molecular flexibility index (Phi) is 4.81. The lowest BCUT2D eigenvalue weighted by Gasteiger charge is -2.09. The molecule has 0 fully saturated rings. The Morgan fingerprint density at radius 2 is 1.90 bits per heavy atom. The summed E-state index contributed by atoms with van der Waals surface area (Å²) < 4.78 is 10.4. The van der Waals surface area contributed by atoms with Gasteiger partial charge >= 0.3 is 6.03 Å². The molecule has 112 valence electrons. The fraction of sp³-hybridized carbons (Fsp3) is 0.333. The van der Waals surface area contributed by atoms with Gasteiger partial charge in [-0.15, -0.1) is 0 Å². The van der Waals surface area contributed by atoms with Gasteiger partial charge in [0.2, 0.25) is 0 Å². The topological polar surface area (TPSA) is 76.4 Å². The Morgan fingerprint density at radius 3 is 2.52 bits per heavy atom. The average molecular weight is 289 g/mol. The average Bonchev–Trinajstić information content (AvgIpc) is 2.79. The molecule has 2 rings (SSSR count). The van der Waals surface area contributed by atoms with E-state index in [0.29, 0.717) is 24.7 Å². The maximum Gasteiger partial charge on any atom is 0.320 e. The predicted octanol–water partition coefficient (Wildman–Crippen LogP) is 2.80. The first-order valence-corrected chi connectivity index (χ1v) is 6.72. The van der Waals surface area contributed by atoms with Crippen molar-refractivity contribution < 1.29 is 14.1 Å². The lowest BCUT2D eigenvalue weighted by molar-refractivity contribution is 0.247. The van der Waals surface area contributed by atoms with Crippen molar-refractivity contribution in [2.24, 2.45) is 0 Å². The molecule has 1 aromatic heterocycles. The van der Waals surface area contributed by atoms with Gasteiger partial charge < -0.3 is 14.6 Å². The maximum absolute atomic E-state index is 11.6. The third kappa shape index (κ3) is 4.83. The van der Waals surface area contributed by atoms with Gasteiger partial charge in [0.1, 0.15) is 18.1 Å². The summed E-state index contributed by atoms with van der Waals surface area (Å²) in [5.74, 6) is 1.84. The summed E-state index contributed by atoms with van der Waals surface area (Å²) >= 11 is 0. The number of urea groups is 1. The van der Waals surface area contributed by atoms with Crippen LogP contribution in [0.3, 0.4) is 0 Å². The van der Waals surface area contributed by atoms with Crippen molar-refractivity contribution in [2.45, 2.75) is 20.8 Å². The van der Waals surface area contributed by atoms with Gasteiger partial charge in [0.25, 0.3) is 0 Å². The number of carbonyl (C=O) groups excluding carboxylic acids is 1. The van der Waals surface area contributed by atoms with E-state index < -0.39 is 0 Å². The van der Waals surface area contributed by atoms with Crippen LogP contribution in [0.1, 0.15) is 16.9 Å². The molecule has 0 radical (unpaired) electrons. The van der Waals surface area contributed by atoms with Gasteiger partial charge in [-0.1, -0.05) is 11.2 Å². The number of hydrogen-bond donors (Lipinski definition) is 2. The highest BCUT2D eigenvalue weighted by Crippen LogP contribution is 2.15. The van der Waals surface area contributed by atoms with Crippen LogP contribution in [0.4, 0.5) is 10.6 Å². The zero-order chi connectivity index (χ0) is 15.2. The maximum atomic E-state index is 11.6. The Balaban J connectivity index is 1.70. The molecule has 0 unspecified atom stereocenters. The van der Waals surface area contributed by atoms with Crippen LogP contribution in [-0.2, 0) is 0 Å². The normalized spacial score (nSPS) is 10.2. The number of amides is 2. The molecule has 1 heterocycles. The standard InChI is InChI=1S/C15H19N3O3/c1-10-6-11(2)8-13(7-10)20-5-4-16-15(19)17-14-9-12(3)21-18-14/h6-9H,4-5H2,1-3H3,(H2,16,17,18,19). The number of hydrogen-bond acceptors (Lipinski definition) is 4.